The molecule has 0 saturated carbocycles. The van der Waals surface area contributed by atoms with Gasteiger partial charge in [-0.2, -0.15) is 9.97 Å². The largest absolute Gasteiger partial charge is 0.378 e. The molecule has 8 nitrogen and oxygen atoms in total. The molecule has 9 heteroatoms. The summed E-state index contributed by atoms with van der Waals surface area (Å²) >= 11 is 6.09. The van der Waals surface area contributed by atoms with E-state index in [1.54, 1.807) is 0 Å². The van der Waals surface area contributed by atoms with Gasteiger partial charge in [-0.3, -0.25) is 4.79 Å². The van der Waals surface area contributed by atoms with Gasteiger partial charge in [-0.15, -0.1) is 0 Å². The Labute approximate surface area is 131 Å². The van der Waals surface area contributed by atoms with Crippen LogP contribution in [0.2, 0.25) is 5.28 Å². The van der Waals surface area contributed by atoms with Gasteiger partial charge in [0.1, 0.15) is 12.4 Å². The van der Waals surface area contributed by atoms with Crippen LogP contribution in [0.3, 0.4) is 0 Å². The van der Waals surface area contributed by atoms with Crippen molar-refractivity contribution in [2.45, 2.75) is 19.5 Å². The van der Waals surface area contributed by atoms with Crippen LogP contribution in [0.1, 0.15) is 18.8 Å². The number of aromatic nitrogens is 4. The van der Waals surface area contributed by atoms with Crippen molar-refractivity contribution in [1.82, 2.24) is 24.8 Å². The third kappa shape index (κ3) is 2.10. The highest BCUT2D eigenvalue weighted by Crippen LogP contribution is 2.29. The molecule has 1 fully saturated rings. The van der Waals surface area contributed by atoms with E-state index in [9.17, 15) is 4.79 Å². The molecule has 2 aromatic rings. The number of carbonyl (C=O) groups is 1. The number of fused-ring (bicyclic) bond motifs is 3. The predicted octanol–water partition coefficient (Wildman–Crippen LogP) is 0.507. The molecule has 0 radical (unpaired) electrons. The van der Waals surface area contributed by atoms with Crippen molar-refractivity contribution in [1.29, 1.82) is 0 Å². The molecule has 0 bridgehead atoms. The van der Waals surface area contributed by atoms with Gasteiger partial charge in [0.15, 0.2) is 17.0 Å². The Hall–Kier alpha value is -1.93. The maximum atomic E-state index is 11.8. The van der Waals surface area contributed by atoms with Crippen molar-refractivity contribution in [2.75, 3.05) is 31.2 Å². The molecule has 0 spiro atoms. The lowest BCUT2D eigenvalue weighted by Gasteiger charge is -2.27. The monoisotopic (exact) mass is 322 g/mol. The smallest absolute Gasteiger partial charge is 0.240 e. The average molecular weight is 323 g/mol. The Bertz CT molecular complexity index is 755. The highest BCUT2D eigenvalue weighted by atomic mass is 35.5. The zero-order chi connectivity index (χ0) is 15.3. The van der Waals surface area contributed by atoms with Crippen molar-refractivity contribution in [3.63, 3.8) is 0 Å². The summed E-state index contributed by atoms with van der Waals surface area (Å²) in [4.78, 5) is 27.2. The number of amides is 1. The fourth-order valence-corrected chi connectivity index (χ4v) is 3.11. The lowest BCUT2D eigenvalue weighted by Crippen LogP contribution is -2.37. The fourth-order valence-electron chi connectivity index (χ4n) is 2.95. The number of morpholine rings is 1. The molecule has 2 aliphatic heterocycles. The Kier molecular flexibility index (Phi) is 3.16. The van der Waals surface area contributed by atoms with Crippen LogP contribution in [0, 0.1) is 0 Å². The van der Waals surface area contributed by atoms with Crippen molar-refractivity contribution in [2.24, 2.45) is 0 Å². The fraction of sp³-hybridized carbons (Fsp3) is 0.538. The maximum Gasteiger partial charge on any atom is 0.240 e. The summed E-state index contributed by atoms with van der Waals surface area (Å²) in [5.41, 5.74) is 1.29. The Morgan fingerprint density at radius 3 is 2.82 bits per heavy atom. The number of imidazole rings is 1. The van der Waals surface area contributed by atoms with Crippen molar-refractivity contribution in [3.05, 3.63) is 11.1 Å². The summed E-state index contributed by atoms with van der Waals surface area (Å²) in [7, 11) is 0. The van der Waals surface area contributed by atoms with Gasteiger partial charge < -0.3 is 19.5 Å². The van der Waals surface area contributed by atoms with E-state index >= 15 is 0 Å². The van der Waals surface area contributed by atoms with Crippen LogP contribution >= 0.6 is 11.6 Å². The van der Waals surface area contributed by atoms with E-state index < -0.39 is 0 Å². The van der Waals surface area contributed by atoms with Gasteiger partial charge in [0.25, 0.3) is 0 Å². The van der Waals surface area contributed by atoms with Crippen LogP contribution in [-0.2, 0) is 16.1 Å². The molecule has 22 heavy (non-hydrogen) atoms. The van der Waals surface area contributed by atoms with Gasteiger partial charge in [-0.1, -0.05) is 0 Å². The number of hydrogen-bond acceptors (Lipinski definition) is 6. The summed E-state index contributed by atoms with van der Waals surface area (Å²) in [5, 5.41) is 3.04. The molecule has 2 aliphatic rings. The number of carbonyl (C=O) groups excluding carboxylic acids is 1. The van der Waals surface area contributed by atoms with E-state index in [0.717, 1.165) is 18.9 Å². The SMILES string of the molecule is CC1NC(=O)Cn2c1nc1c(N3CCOCC3)nc(Cl)nc12. The quantitative estimate of drug-likeness (QED) is 0.770. The van der Waals surface area contributed by atoms with Crippen LogP contribution < -0.4 is 10.2 Å². The van der Waals surface area contributed by atoms with E-state index in [-0.39, 0.29) is 23.8 Å². The Morgan fingerprint density at radius 2 is 2.05 bits per heavy atom. The second-order valence-corrected chi connectivity index (χ2v) is 5.77. The molecular weight excluding hydrogens is 308 g/mol. The van der Waals surface area contributed by atoms with Crippen LogP contribution in [0.5, 0.6) is 0 Å². The predicted molar refractivity (Wildman–Crippen MR) is 79.9 cm³/mol. The maximum absolute atomic E-state index is 11.8. The van der Waals surface area contributed by atoms with Gasteiger partial charge in [0, 0.05) is 13.1 Å². The van der Waals surface area contributed by atoms with Gasteiger partial charge in [0.2, 0.25) is 11.2 Å². The third-order valence-electron chi connectivity index (χ3n) is 3.96. The molecule has 0 aromatic carbocycles. The second-order valence-electron chi connectivity index (χ2n) is 5.43. The molecule has 1 saturated heterocycles. The lowest BCUT2D eigenvalue weighted by molar-refractivity contribution is -0.123. The van der Waals surface area contributed by atoms with Gasteiger partial charge in [-0.25, -0.2) is 4.98 Å². The minimum Gasteiger partial charge on any atom is -0.378 e. The lowest BCUT2D eigenvalue weighted by atomic mass is 10.2. The summed E-state index contributed by atoms with van der Waals surface area (Å²) in [6, 6.07) is -0.160. The van der Waals surface area contributed by atoms with Crippen LogP contribution in [-0.4, -0.2) is 51.7 Å². The molecule has 1 unspecified atom stereocenters. The highest BCUT2D eigenvalue weighted by Gasteiger charge is 2.28. The van der Waals surface area contributed by atoms with Crippen LogP contribution in [0.15, 0.2) is 0 Å². The summed E-state index contributed by atoms with van der Waals surface area (Å²) in [6.07, 6.45) is 0. The standard InChI is InChI=1S/C13H15ClN6O2/c1-7-10-16-9-11(19-2-4-22-5-3-19)17-13(14)18-12(9)20(10)6-8(21)15-7/h7H,2-6H2,1H3,(H,15,21). The minimum atomic E-state index is -0.160. The van der Waals surface area contributed by atoms with E-state index in [1.165, 1.54) is 0 Å². The average Bonchev–Trinajstić information content (AvgIpc) is 2.86. The van der Waals surface area contributed by atoms with Crippen molar-refractivity contribution >= 4 is 34.5 Å². The van der Waals surface area contributed by atoms with Crippen LogP contribution in [0.4, 0.5) is 5.82 Å². The Balaban J connectivity index is 1.91. The van der Waals surface area contributed by atoms with Gasteiger partial charge in [-0.05, 0) is 18.5 Å². The second kappa shape index (κ2) is 5.06. The highest BCUT2D eigenvalue weighted by molar-refractivity contribution is 6.28. The van der Waals surface area contributed by atoms with Crippen molar-refractivity contribution < 1.29 is 9.53 Å². The number of anilines is 1. The van der Waals surface area contributed by atoms with Crippen molar-refractivity contribution in [3.8, 4) is 0 Å². The molecule has 1 atom stereocenters. The van der Waals surface area contributed by atoms with Gasteiger partial charge in [0.05, 0.1) is 19.3 Å². The van der Waals surface area contributed by atoms with E-state index in [2.05, 4.69) is 25.2 Å². The summed E-state index contributed by atoms with van der Waals surface area (Å²) < 4.78 is 7.19. The molecule has 0 aliphatic carbocycles. The molecule has 4 heterocycles. The van der Waals surface area contributed by atoms with E-state index in [1.807, 2.05) is 11.5 Å². The summed E-state index contributed by atoms with van der Waals surface area (Å²) in [6.45, 7) is 4.86. The number of hydrogen-bond donors (Lipinski definition) is 1. The zero-order valence-electron chi connectivity index (χ0n) is 12.0. The molecule has 2 aromatic heterocycles. The first-order valence-electron chi connectivity index (χ1n) is 7.19. The van der Waals surface area contributed by atoms with Crippen LogP contribution in [0.25, 0.3) is 11.2 Å². The molecule has 1 N–H and O–H groups in total. The van der Waals surface area contributed by atoms with E-state index in [0.29, 0.717) is 30.2 Å². The first-order chi connectivity index (χ1) is 10.6. The minimum absolute atomic E-state index is 0.0537. The zero-order valence-corrected chi connectivity index (χ0v) is 12.8. The first kappa shape index (κ1) is 13.7. The van der Waals surface area contributed by atoms with Gasteiger partial charge >= 0.3 is 0 Å². The molecule has 4 rings (SSSR count). The van der Waals surface area contributed by atoms with E-state index in [4.69, 9.17) is 16.3 Å². The topological polar surface area (TPSA) is 85.2 Å². The molecule has 1 amide bonds. The number of nitrogens with zero attached hydrogens (tertiary/aromatic N) is 5. The number of ether oxygens (including phenoxy) is 1. The molecule has 116 valence electrons. The third-order valence-corrected chi connectivity index (χ3v) is 4.12. The number of rotatable bonds is 1. The Morgan fingerprint density at radius 1 is 1.27 bits per heavy atom. The molecular formula is C13H15ClN6O2. The summed E-state index contributed by atoms with van der Waals surface area (Å²) in [5.74, 6) is 1.43. The first-order valence-corrected chi connectivity index (χ1v) is 7.57. The number of halogens is 1. The number of nitrogens with one attached hydrogen (secondary N) is 1. The normalized spacial score (nSPS) is 21.8.